The predicted octanol–water partition coefficient (Wildman–Crippen LogP) is 2.61. The van der Waals surface area contributed by atoms with Crippen LogP contribution in [-0.4, -0.2) is 20.9 Å². The summed E-state index contributed by atoms with van der Waals surface area (Å²) in [6.07, 6.45) is 0.821. The largest absolute Gasteiger partial charge is 0.352 e. The molecular weight excluding hydrogens is 324 g/mol. The van der Waals surface area contributed by atoms with Gasteiger partial charge >= 0.3 is 0 Å². The number of amides is 1. The normalized spacial score (nSPS) is 11.2. The topological polar surface area (TPSA) is 75.3 Å². The first kappa shape index (κ1) is 18.2. The molecule has 2 N–H and O–H groups in total. The summed E-state index contributed by atoms with van der Waals surface area (Å²) in [6.45, 7) is 4.51. The van der Waals surface area contributed by atoms with Gasteiger partial charge in [0.05, 0.1) is 4.90 Å². The highest BCUT2D eigenvalue weighted by atomic mass is 32.2. The molecule has 0 fully saturated rings. The summed E-state index contributed by atoms with van der Waals surface area (Å²) in [5, 5.41) is 2.77. The van der Waals surface area contributed by atoms with Gasteiger partial charge in [-0.15, -0.1) is 0 Å². The van der Waals surface area contributed by atoms with Crippen LogP contribution in [0.3, 0.4) is 0 Å². The summed E-state index contributed by atoms with van der Waals surface area (Å²) in [5.74, 6) is -0.255. The van der Waals surface area contributed by atoms with Crippen LogP contribution in [0.15, 0.2) is 53.4 Å². The van der Waals surface area contributed by atoms with Crippen LogP contribution in [0.1, 0.15) is 34.8 Å². The van der Waals surface area contributed by atoms with E-state index in [0.717, 1.165) is 17.5 Å². The molecule has 6 heteroatoms. The van der Waals surface area contributed by atoms with Crippen molar-refractivity contribution < 1.29 is 13.2 Å². The molecule has 1 amide bonds. The lowest BCUT2D eigenvalue weighted by Gasteiger charge is -2.11. The molecule has 2 aromatic rings. The maximum absolute atomic E-state index is 12.5. The molecule has 0 aromatic heterocycles. The molecule has 2 rings (SSSR count). The third-order valence-corrected chi connectivity index (χ3v) is 5.01. The number of benzene rings is 2. The van der Waals surface area contributed by atoms with E-state index in [1.807, 2.05) is 37.3 Å². The Morgan fingerprint density at radius 1 is 1.08 bits per heavy atom. The second-order valence-corrected chi connectivity index (χ2v) is 7.31. The number of hydrogen-bond acceptors (Lipinski definition) is 3. The van der Waals surface area contributed by atoms with Gasteiger partial charge in [0.25, 0.3) is 5.91 Å². The molecule has 0 heterocycles. The Kier molecular flexibility index (Phi) is 6.11. The second kappa shape index (κ2) is 8.08. The molecule has 128 valence electrons. The molecule has 0 saturated carbocycles. The lowest BCUT2D eigenvalue weighted by molar-refractivity contribution is 0.0953. The molecule has 5 nitrogen and oxygen atoms in total. The lowest BCUT2D eigenvalue weighted by atomic mass is 10.1. The maximum Gasteiger partial charge on any atom is 0.251 e. The van der Waals surface area contributed by atoms with E-state index >= 15 is 0 Å². The molecule has 24 heavy (non-hydrogen) atoms. The third kappa shape index (κ3) is 4.66. The first-order valence-corrected chi connectivity index (χ1v) is 9.35. The van der Waals surface area contributed by atoms with Gasteiger partial charge in [0.2, 0.25) is 10.0 Å². The molecule has 0 aliphatic carbocycles. The van der Waals surface area contributed by atoms with E-state index in [1.165, 1.54) is 12.1 Å². The van der Waals surface area contributed by atoms with Crippen molar-refractivity contribution in [1.29, 1.82) is 0 Å². The van der Waals surface area contributed by atoms with Gasteiger partial charge in [-0.2, -0.15) is 0 Å². The Balaban J connectivity index is 2.19. The fourth-order valence-corrected chi connectivity index (χ4v) is 3.25. The minimum absolute atomic E-state index is 0.0886. The number of carbonyl (C=O) groups is 1. The summed E-state index contributed by atoms with van der Waals surface area (Å²) < 4.78 is 27.5. The standard InChI is InChI=1S/C18H22N2O3S/c1-3-11-19-18(21)17-12-16(10-9-14(17)2)24(22,23)20-13-15-7-5-4-6-8-15/h4-10,12,20H,3,11,13H2,1-2H3,(H,19,21). The van der Waals surface area contributed by atoms with Crippen LogP contribution in [0.4, 0.5) is 0 Å². The van der Waals surface area contributed by atoms with Crippen LogP contribution in [0.5, 0.6) is 0 Å². The summed E-state index contributed by atoms with van der Waals surface area (Å²) in [5.41, 5.74) is 1.99. The molecular formula is C18H22N2O3S. The van der Waals surface area contributed by atoms with Gasteiger partial charge in [-0.25, -0.2) is 13.1 Å². The highest BCUT2D eigenvalue weighted by Gasteiger charge is 2.17. The molecule has 0 saturated heterocycles. The van der Waals surface area contributed by atoms with Crippen molar-refractivity contribution in [3.63, 3.8) is 0 Å². The van der Waals surface area contributed by atoms with E-state index in [4.69, 9.17) is 0 Å². The van der Waals surface area contributed by atoms with Gasteiger partial charge in [-0.3, -0.25) is 4.79 Å². The van der Waals surface area contributed by atoms with E-state index in [1.54, 1.807) is 13.0 Å². The molecule has 0 spiro atoms. The average molecular weight is 346 g/mol. The van der Waals surface area contributed by atoms with Crippen LogP contribution in [0.2, 0.25) is 0 Å². The Bertz CT molecular complexity index is 802. The fraction of sp³-hybridized carbons (Fsp3) is 0.278. The molecule has 2 aromatic carbocycles. The zero-order valence-corrected chi connectivity index (χ0v) is 14.7. The van der Waals surface area contributed by atoms with Crippen molar-refractivity contribution in [2.45, 2.75) is 31.7 Å². The third-order valence-electron chi connectivity index (χ3n) is 3.61. The minimum atomic E-state index is -3.68. The van der Waals surface area contributed by atoms with Crippen molar-refractivity contribution in [3.8, 4) is 0 Å². The van der Waals surface area contributed by atoms with Crippen LogP contribution in [0.25, 0.3) is 0 Å². The summed E-state index contributed by atoms with van der Waals surface area (Å²) in [6, 6.07) is 13.9. The second-order valence-electron chi connectivity index (χ2n) is 5.54. The van der Waals surface area contributed by atoms with Crippen molar-refractivity contribution in [2.24, 2.45) is 0 Å². The highest BCUT2D eigenvalue weighted by Crippen LogP contribution is 2.16. The Morgan fingerprint density at radius 2 is 1.79 bits per heavy atom. The summed E-state index contributed by atoms with van der Waals surface area (Å²) in [7, 11) is -3.68. The Morgan fingerprint density at radius 3 is 2.46 bits per heavy atom. The molecule has 0 bridgehead atoms. The zero-order valence-electron chi connectivity index (χ0n) is 13.9. The highest BCUT2D eigenvalue weighted by molar-refractivity contribution is 7.89. The van der Waals surface area contributed by atoms with E-state index < -0.39 is 10.0 Å². The van der Waals surface area contributed by atoms with Gasteiger partial charge in [0, 0.05) is 18.7 Å². The maximum atomic E-state index is 12.5. The predicted molar refractivity (Wildman–Crippen MR) is 94.3 cm³/mol. The summed E-state index contributed by atoms with van der Waals surface area (Å²) in [4.78, 5) is 12.2. The van der Waals surface area contributed by atoms with E-state index in [9.17, 15) is 13.2 Å². The quantitative estimate of drug-likeness (QED) is 0.809. The van der Waals surface area contributed by atoms with Crippen molar-refractivity contribution >= 4 is 15.9 Å². The molecule has 0 atom stereocenters. The first-order valence-electron chi connectivity index (χ1n) is 7.86. The van der Waals surface area contributed by atoms with E-state index in [-0.39, 0.29) is 17.3 Å². The van der Waals surface area contributed by atoms with Crippen molar-refractivity contribution in [1.82, 2.24) is 10.0 Å². The lowest BCUT2D eigenvalue weighted by Crippen LogP contribution is -2.26. The minimum Gasteiger partial charge on any atom is -0.352 e. The number of sulfonamides is 1. The number of carbonyl (C=O) groups excluding carboxylic acids is 1. The molecule has 0 aliphatic heterocycles. The van der Waals surface area contributed by atoms with Gasteiger partial charge in [-0.05, 0) is 36.6 Å². The number of rotatable bonds is 7. The molecule has 0 unspecified atom stereocenters. The monoisotopic (exact) mass is 346 g/mol. The molecule has 0 radical (unpaired) electrons. The van der Waals surface area contributed by atoms with Gasteiger partial charge in [-0.1, -0.05) is 43.3 Å². The fourth-order valence-electron chi connectivity index (χ4n) is 2.20. The number of hydrogen-bond donors (Lipinski definition) is 2. The first-order chi connectivity index (χ1) is 11.4. The number of aryl methyl sites for hydroxylation is 1. The van der Waals surface area contributed by atoms with Gasteiger partial charge < -0.3 is 5.32 Å². The van der Waals surface area contributed by atoms with Crippen LogP contribution in [0, 0.1) is 6.92 Å². The smallest absolute Gasteiger partial charge is 0.251 e. The van der Waals surface area contributed by atoms with E-state index in [0.29, 0.717) is 12.1 Å². The summed E-state index contributed by atoms with van der Waals surface area (Å²) >= 11 is 0. The Labute approximate surface area is 143 Å². The van der Waals surface area contributed by atoms with Crippen molar-refractivity contribution in [3.05, 3.63) is 65.2 Å². The van der Waals surface area contributed by atoms with Crippen LogP contribution in [-0.2, 0) is 16.6 Å². The number of nitrogens with one attached hydrogen (secondary N) is 2. The van der Waals surface area contributed by atoms with Crippen LogP contribution < -0.4 is 10.0 Å². The molecule has 0 aliphatic rings. The van der Waals surface area contributed by atoms with E-state index in [2.05, 4.69) is 10.0 Å². The van der Waals surface area contributed by atoms with Crippen molar-refractivity contribution in [2.75, 3.05) is 6.54 Å². The average Bonchev–Trinajstić information content (AvgIpc) is 2.59. The SMILES string of the molecule is CCCNC(=O)c1cc(S(=O)(=O)NCc2ccccc2)ccc1C. The zero-order chi connectivity index (χ0) is 17.6. The Hall–Kier alpha value is -2.18. The van der Waals surface area contributed by atoms with Gasteiger partial charge in [0.1, 0.15) is 0 Å². The van der Waals surface area contributed by atoms with Gasteiger partial charge in [0.15, 0.2) is 0 Å². The van der Waals surface area contributed by atoms with Crippen LogP contribution >= 0.6 is 0 Å².